The normalized spacial score (nSPS) is 13.9. The van der Waals surface area contributed by atoms with Gasteiger partial charge in [-0.15, -0.1) is 0 Å². The molecule has 0 aromatic heterocycles. The number of benzene rings is 4. The summed E-state index contributed by atoms with van der Waals surface area (Å²) in [6.45, 7) is 8.34. The highest BCUT2D eigenvalue weighted by molar-refractivity contribution is 6.47. The quantitative estimate of drug-likeness (QED) is 0.327. The van der Waals surface area contributed by atoms with E-state index in [2.05, 4.69) is 19.2 Å². The van der Waals surface area contributed by atoms with Crippen LogP contribution in [0.25, 0.3) is 16.3 Å². The van der Waals surface area contributed by atoms with E-state index in [0.717, 1.165) is 33.2 Å². The van der Waals surface area contributed by atoms with Crippen molar-refractivity contribution in [2.45, 2.75) is 33.6 Å². The molecule has 0 bridgehead atoms. The Morgan fingerprint density at radius 3 is 2.17 bits per heavy atom. The average Bonchev–Trinajstić information content (AvgIpc) is 3.10. The van der Waals surface area contributed by atoms with Crippen molar-refractivity contribution in [2.75, 3.05) is 10.2 Å². The average molecular weight is 461 g/mol. The fourth-order valence-corrected chi connectivity index (χ4v) is 4.53. The van der Waals surface area contributed by atoms with Gasteiger partial charge in [-0.05, 0) is 65.6 Å². The summed E-state index contributed by atoms with van der Waals surface area (Å²) in [5.74, 6) is -0.269. The first-order chi connectivity index (χ1) is 16.8. The summed E-state index contributed by atoms with van der Waals surface area (Å²) in [5, 5.41) is 5.12. The molecular weight excluding hydrogens is 432 g/mol. The molecule has 4 heteroatoms. The van der Waals surface area contributed by atoms with Crippen LogP contribution in [0.4, 0.5) is 11.4 Å². The summed E-state index contributed by atoms with van der Waals surface area (Å²) >= 11 is 0. The van der Waals surface area contributed by atoms with Crippen LogP contribution in [-0.4, -0.2) is 11.8 Å². The van der Waals surface area contributed by atoms with Gasteiger partial charge in [0.25, 0.3) is 11.8 Å². The minimum absolute atomic E-state index is 0.295. The number of carbonyl (C=O) groups excluding carboxylic acids is 2. The van der Waals surface area contributed by atoms with Crippen molar-refractivity contribution in [2.24, 2.45) is 0 Å². The molecule has 1 aliphatic rings. The van der Waals surface area contributed by atoms with Crippen LogP contribution in [0, 0.1) is 13.8 Å². The summed E-state index contributed by atoms with van der Waals surface area (Å²) in [6, 6.07) is 27.4. The minimum atomic E-state index is -0.354. The number of anilines is 2. The highest BCUT2D eigenvalue weighted by Gasteiger charge is 2.41. The molecule has 1 N–H and O–H groups in total. The topological polar surface area (TPSA) is 49.4 Å². The smallest absolute Gasteiger partial charge is 0.282 e. The van der Waals surface area contributed by atoms with E-state index in [1.165, 1.54) is 10.5 Å². The van der Waals surface area contributed by atoms with Crippen molar-refractivity contribution < 1.29 is 9.59 Å². The number of nitrogens with one attached hydrogen (secondary N) is 1. The van der Waals surface area contributed by atoms with Gasteiger partial charge in [-0.1, -0.05) is 80.6 Å². The molecule has 4 aromatic rings. The first kappa shape index (κ1) is 22.6. The minimum Gasteiger partial charge on any atom is -0.350 e. The summed E-state index contributed by atoms with van der Waals surface area (Å²) in [7, 11) is 0. The van der Waals surface area contributed by atoms with Gasteiger partial charge in [0.1, 0.15) is 5.70 Å². The van der Waals surface area contributed by atoms with E-state index in [4.69, 9.17) is 0 Å². The van der Waals surface area contributed by atoms with Crippen LogP contribution in [-0.2, 0) is 9.59 Å². The van der Waals surface area contributed by atoms with Gasteiger partial charge in [-0.25, -0.2) is 4.90 Å². The van der Waals surface area contributed by atoms with E-state index in [9.17, 15) is 9.59 Å². The lowest BCUT2D eigenvalue weighted by Gasteiger charge is -2.18. The number of hydrogen-bond donors (Lipinski definition) is 1. The van der Waals surface area contributed by atoms with Crippen molar-refractivity contribution >= 4 is 39.5 Å². The maximum atomic E-state index is 13.9. The molecule has 0 unspecified atom stereocenters. The zero-order chi connectivity index (χ0) is 24.7. The van der Waals surface area contributed by atoms with Gasteiger partial charge in [0.2, 0.25) is 0 Å². The molecule has 0 saturated heterocycles. The second kappa shape index (κ2) is 8.88. The van der Waals surface area contributed by atoms with E-state index < -0.39 is 0 Å². The lowest BCUT2D eigenvalue weighted by atomic mass is 9.99. The largest absolute Gasteiger partial charge is 0.350 e. The predicted octanol–water partition coefficient (Wildman–Crippen LogP) is 6.98. The van der Waals surface area contributed by atoms with Gasteiger partial charge in [0.05, 0.1) is 11.3 Å². The summed E-state index contributed by atoms with van der Waals surface area (Å²) in [5.41, 5.74) is 6.19. The van der Waals surface area contributed by atoms with Gasteiger partial charge in [-0.2, -0.15) is 0 Å². The Balaban J connectivity index is 1.64. The monoisotopic (exact) mass is 460 g/mol. The van der Waals surface area contributed by atoms with E-state index in [0.29, 0.717) is 22.9 Å². The second-order valence-electron chi connectivity index (χ2n) is 9.39. The van der Waals surface area contributed by atoms with Crippen LogP contribution in [0.3, 0.4) is 0 Å². The van der Waals surface area contributed by atoms with Crippen LogP contribution in [0.1, 0.15) is 42.0 Å². The van der Waals surface area contributed by atoms with E-state index in [1.807, 2.05) is 98.8 Å². The van der Waals surface area contributed by atoms with Crippen molar-refractivity contribution in [3.8, 4) is 0 Å². The molecule has 1 heterocycles. The lowest BCUT2D eigenvalue weighted by Crippen LogP contribution is -2.32. The van der Waals surface area contributed by atoms with Gasteiger partial charge >= 0.3 is 0 Å². The first-order valence-electron chi connectivity index (χ1n) is 11.9. The number of rotatable bonds is 5. The molecular formula is C31H28N2O2. The van der Waals surface area contributed by atoms with Gasteiger partial charge in [0, 0.05) is 11.1 Å². The number of fused-ring (bicyclic) bond motifs is 1. The molecule has 35 heavy (non-hydrogen) atoms. The Bertz CT molecular complexity index is 1490. The van der Waals surface area contributed by atoms with E-state index >= 15 is 0 Å². The number of carbonyl (C=O) groups is 2. The Morgan fingerprint density at radius 1 is 0.743 bits per heavy atom. The molecule has 0 saturated carbocycles. The summed E-state index contributed by atoms with van der Waals surface area (Å²) < 4.78 is 0. The van der Waals surface area contributed by atoms with Gasteiger partial charge in [0.15, 0.2) is 0 Å². The first-order valence-corrected chi connectivity index (χ1v) is 11.9. The van der Waals surface area contributed by atoms with Crippen molar-refractivity contribution in [3.05, 3.63) is 113 Å². The van der Waals surface area contributed by atoms with Crippen LogP contribution < -0.4 is 10.2 Å². The van der Waals surface area contributed by atoms with Crippen molar-refractivity contribution in [3.63, 3.8) is 0 Å². The van der Waals surface area contributed by atoms with E-state index in [1.54, 1.807) is 0 Å². The zero-order valence-electron chi connectivity index (χ0n) is 20.4. The molecule has 0 spiro atoms. The SMILES string of the molecule is Cc1ccc(C2=C(Nc3ccc(C(C)C)cc3)C(=O)N(c3cccc4ccccc34)C2=O)cc1C. The van der Waals surface area contributed by atoms with E-state index in [-0.39, 0.29) is 11.8 Å². The fourth-order valence-electron chi connectivity index (χ4n) is 4.53. The third-order valence-electron chi connectivity index (χ3n) is 6.73. The van der Waals surface area contributed by atoms with Crippen molar-refractivity contribution in [1.29, 1.82) is 0 Å². The Kier molecular flexibility index (Phi) is 5.73. The standard InChI is InChI=1S/C31H28N2O2/c1-19(2)22-14-16-25(17-15-22)32-29-28(24-13-12-20(3)21(4)18-24)30(34)33(31(29)35)27-11-7-9-23-8-5-6-10-26(23)27/h5-19,32H,1-4H3. The number of nitrogens with zero attached hydrogens (tertiary/aromatic N) is 1. The maximum absolute atomic E-state index is 13.9. The number of amides is 2. The number of hydrogen-bond acceptors (Lipinski definition) is 3. The molecule has 1 aliphatic heterocycles. The molecule has 174 valence electrons. The maximum Gasteiger partial charge on any atom is 0.282 e. The second-order valence-corrected chi connectivity index (χ2v) is 9.39. The molecule has 5 rings (SSSR count). The zero-order valence-corrected chi connectivity index (χ0v) is 20.4. The molecule has 0 fully saturated rings. The number of aryl methyl sites for hydroxylation is 2. The molecule has 4 nitrogen and oxygen atoms in total. The fraction of sp³-hybridized carbons (Fsp3) is 0.161. The third-order valence-corrected chi connectivity index (χ3v) is 6.73. The van der Waals surface area contributed by atoms with Gasteiger partial charge in [-0.3, -0.25) is 9.59 Å². The molecule has 0 aliphatic carbocycles. The highest BCUT2D eigenvalue weighted by atomic mass is 16.2. The molecule has 0 atom stereocenters. The van der Waals surface area contributed by atoms with Crippen LogP contribution in [0.5, 0.6) is 0 Å². The predicted molar refractivity (Wildman–Crippen MR) is 143 cm³/mol. The molecule has 0 radical (unpaired) electrons. The summed E-state index contributed by atoms with van der Waals surface area (Å²) in [6.07, 6.45) is 0. The summed E-state index contributed by atoms with van der Waals surface area (Å²) in [4.78, 5) is 29.1. The lowest BCUT2D eigenvalue weighted by molar-refractivity contribution is -0.120. The van der Waals surface area contributed by atoms with Crippen LogP contribution in [0.15, 0.2) is 90.6 Å². The van der Waals surface area contributed by atoms with Crippen molar-refractivity contribution in [1.82, 2.24) is 0 Å². The Hall–Kier alpha value is -4.18. The molecule has 4 aromatic carbocycles. The Labute approximate surface area is 205 Å². The Morgan fingerprint density at radius 2 is 1.46 bits per heavy atom. The molecule has 2 amide bonds. The van der Waals surface area contributed by atoms with Crippen LogP contribution >= 0.6 is 0 Å². The van der Waals surface area contributed by atoms with Gasteiger partial charge < -0.3 is 5.32 Å². The number of imide groups is 1. The highest BCUT2D eigenvalue weighted by Crippen LogP contribution is 2.37. The third kappa shape index (κ3) is 4.01. The van der Waals surface area contributed by atoms with Crippen LogP contribution in [0.2, 0.25) is 0 Å².